The summed E-state index contributed by atoms with van der Waals surface area (Å²) >= 11 is 0. The largest absolute Gasteiger partial charge is 0.416 e. The summed E-state index contributed by atoms with van der Waals surface area (Å²) in [7, 11) is 0. The molecule has 0 unspecified atom stereocenters. The molecule has 0 amide bonds. The van der Waals surface area contributed by atoms with Crippen LogP contribution in [-0.2, 0) is 12.7 Å². The zero-order valence-electron chi connectivity index (χ0n) is 12.7. The molecule has 0 saturated carbocycles. The maximum atomic E-state index is 12.9. The van der Waals surface area contributed by atoms with Crippen LogP contribution in [0.4, 0.5) is 19.0 Å². The van der Waals surface area contributed by atoms with Gasteiger partial charge in [0.05, 0.1) is 18.2 Å². The van der Waals surface area contributed by atoms with E-state index in [9.17, 15) is 18.3 Å². The molecule has 0 radical (unpaired) electrons. The Bertz CT molecular complexity index is 722. The number of nitrogens with zero attached hydrogens (tertiary/aromatic N) is 3. The Morgan fingerprint density at radius 1 is 1.29 bits per heavy atom. The van der Waals surface area contributed by atoms with Crippen molar-refractivity contribution >= 4 is 5.82 Å². The van der Waals surface area contributed by atoms with E-state index in [1.54, 1.807) is 12.1 Å². The minimum absolute atomic E-state index is 0.309. The first kappa shape index (κ1) is 16.7. The molecule has 1 aliphatic rings. The lowest BCUT2D eigenvalue weighted by molar-refractivity contribution is -0.137. The molecule has 1 saturated heterocycles. The molecule has 1 aromatic carbocycles. The molecule has 24 heavy (non-hydrogen) atoms. The minimum Gasteiger partial charge on any atom is -0.392 e. The first-order chi connectivity index (χ1) is 11.3. The lowest BCUT2D eigenvalue weighted by Gasteiger charge is -2.24. The molecule has 0 spiro atoms. The molecule has 8 heteroatoms. The van der Waals surface area contributed by atoms with Gasteiger partial charge in [-0.05, 0) is 30.2 Å². The Morgan fingerprint density at radius 3 is 2.79 bits per heavy atom. The Labute approximate surface area is 137 Å². The van der Waals surface area contributed by atoms with Gasteiger partial charge in [-0.2, -0.15) is 13.2 Å². The van der Waals surface area contributed by atoms with Crippen LogP contribution in [0.25, 0.3) is 0 Å². The molecule has 5 nitrogen and oxygen atoms in total. The third-order valence-corrected chi connectivity index (χ3v) is 4.05. The van der Waals surface area contributed by atoms with Crippen molar-refractivity contribution in [1.29, 1.82) is 0 Å². The second-order valence-corrected chi connectivity index (χ2v) is 5.86. The number of rotatable bonds is 3. The van der Waals surface area contributed by atoms with E-state index in [0.29, 0.717) is 36.7 Å². The van der Waals surface area contributed by atoms with Gasteiger partial charge in [-0.3, -0.25) is 4.90 Å². The van der Waals surface area contributed by atoms with Crippen LogP contribution in [0.1, 0.15) is 29.4 Å². The van der Waals surface area contributed by atoms with E-state index in [4.69, 9.17) is 5.73 Å². The summed E-state index contributed by atoms with van der Waals surface area (Å²) in [6.07, 6.45) is -3.10. The van der Waals surface area contributed by atoms with Crippen molar-refractivity contribution in [3.63, 3.8) is 0 Å². The van der Waals surface area contributed by atoms with Crippen molar-refractivity contribution in [2.45, 2.75) is 31.3 Å². The number of halogens is 3. The monoisotopic (exact) mass is 338 g/mol. The fourth-order valence-electron chi connectivity index (χ4n) is 3.00. The highest BCUT2D eigenvalue weighted by Gasteiger charge is 2.35. The summed E-state index contributed by atoms with van der Waals surface area (Å²) in [5, 5.41) is 9.96. The zero-order chi connectivity index (χ0) is 17.3. The minimum atomic E-state index is -4.39. The molecule has 2 atom stereocenters. The van der Waals surface area contributed by atoms with Crippen LogP contribution >= 0.6 is 0 Å². The number of aliphatic hydroxyl groups excluding tert-OH is 1. The average Bonchev–Trinajstić information content (AvgIpc) is 2.87. The lowest BCUT2D eigenvalue weighted by Crippen LogP contribution is -2.25. The molecule has 1 aliphatic heterocycles. The maximum absolute atomic E-state index is 12.9. The van der Waals surface area contributed by atoms with Gasteiger partial charge < -0.3 is 10.8 Å². The SMILES string of the molecule is Nc1ccnc(CN2C[C@H](O)C[C@H]2c2cccc(C(F)(F)F)c2)n1. The summed E-state index contributed by atoms with van der Waals surface area (Å²) in [5.41, 5.74) is 5.46. The maximum Gasteiger partial charge on any atom is 0.416 e. The topological polar surface area (TPSA) is 75.3 Å². The number of anilines is 1. The number of hydrogen-bond acceptors (Lipinski definition) is 5. The number of alkyl halides is 3. The van der Waals surface area contributed by atoms with E-state index in [0.717, 1.165) is 12.1 Å². The van der Waals surface area contributed by atoms with E-state index in [-0.39, 0.29) is 6.04 Å². The van der Waals surface area contributed by atoms with Crippen LogP contribution in [0, 0.1) is 0 Å². The molecule has 3 N–H and O–H groups in total. The Morgan fingerprint density at radius 2 is 2.08 bits per heavy atom. The van der Waals surface area contributed by atoms with E-state index < -0.39 is 17.8 Å². The van der Waals surface area contributed by atoms with Gasteiger partial charge in [-0.15, -0.1) is 0 Å². The molecular formula is C16H17F3N4O. The molecule has 3 rings (SSSR count). The Kier molecular flexibility index (Phi) is 4.42. The number of aromatic nitrogens is 2. The highest BCUT2D eigenvalue weighted by molar-refractivity contribution is 5.29. The van der Waals surface area contributed by atoms with Crippen molar-refractivity contribution < 1.29 is 18.3 Å². The van der Waals surface area contributed by atoms with Gasteiger partial charge in [0.15, 0.2) is 0 Å². The third kappa shape index (κ3) is 3.65. The zero-order valence-corrected chi connectivity index (χ0v) is 12.7. The second kappa shape index (κ2) is 6.37. The Hall–Kier alpha value is -2.19. The highest BCUT2D eigenvalue weighted by Crippen LogP contribution is 2.36. The van der Waals surface area contributed by atoms with Gasteiger partial charge in [-0.1, -0.05) is 12.1 Å². The quantitative estimate of drug-likeness (QED) is 0.899. The van der Waals surface area contributed by atoms with Crippen molar-refractivity contribution in [3.8, 4) is 0 Å². The van der Waals surface area contributed by atoms with Crippen LogP contribution in [-0.4, -0.2) is 32.6 Å². The molecule has 2 heterocycles. The summed E-state index contributed by atoms with van der Waals surface area (Å²) in [4.78, 5) is 10.1. The fourth-order valence-corrected chi connectivity index (χ4v) is 3.00. The van der Waals surface area contributed by atoms with Gasteiger partial charge in [0, 0.05) is 18.8 Å². The first-order valence-electron chi connectivity index (χ1n) is 7.49. The van der Waals surface area contributed by atoms with E-state index in [1.165, 1.54) is 12.3 Å². The molecule has 1 aromatic heterocycles. The van der Waals surface area contributed by atoms with Crippen molar-refractivity contribution in [2.24, 2.45) is 0 Å². The van der Waals surface area contributed by atoms with Crippen LogP contribution in [0.2, 0.25) is 0 Å². The molecule has 0 bridgehead atoms. The van der Waals surface area contributed by atoms with Crippen molar-refractivity contribution in [1.82, 2.24) is 14.9 Å². The predicted octanol–water partition coefficient (Wildman–Crippen LogP) is 2.39. The van der Waals surface area contributed by atoms with Crippen molar-refractivity contribution in [2.75, 3.05) is 12.3 Å². The van der Waals surface area contributed by atoms with Crippen LogP contribution in [0.3, 0.4) is 0 Å². The number of nitrogen functional groups attached to an aromatic ring is 1. The molecule has 128 valence electrons. The van der Waals surface area contributed by atoms with Crippen molar-refractivity contribution in [3.05, 3.63) is 53.5 Å². The first-order valence-corrected chi connectivity index (χ1v) is 7.49. The second-order valence-electron chi connectivity index (χ2n) is 5.86. The smallest absolute Gasteiger partial charge is 0.392 e. The van der Waals surface area contributed by atoms with Gasteiger partial charge in [0.25, 0.3) is 0 Å². The van der Waals surface area contributed by atoms with E-state index >= 15 is 0 Å². The van der Waals surface area contributed by atoms with E-state index in [2.05, 4.69) is 9.97 Å². The van der Waals surface area contributed by atoms with Crippen LogP contribution in [0.15, 0.2) is 36.5 Å². The third-order valence-electron chi connectivity index (χ3n) is 4.05. The average molecular weight is 338 g/mol. The van der Waals surface area contributed by atoms with E-state index in [1.807, 2.05) is 4.90 Å². The normalized spacial score (nSPS) is 22.0. The van der Waals surface area contributed by atoms with Crippen LogP contribution in [0.5, 0.6) is 0 Å². The van der Waals surface area contributed by atoms with Gasteiger partial charge in [0.1, 0.15) is 11.6 Å². The number of aliphatic hydroxyl groups is 1. The number of β-amino-alcohol motifs (C(OH)–C–C–N with tert-alkyl or cyclic N) is 1. The molecule has 1 fully saturated rings. The molecule has 2 aromatic rings. The number of nitrogens with two attached hydrogens (primary N) is 1. The molecule has 0 aliphatic carbocycles. The Balaban J connectivity index is 1.85. The van der Waals surface area contributed by atoms with Crippen LogP contribution < -0.4 is 5.73 Å². The lowest BCUT2D eigenvalue weighted by atomic mass is 10.0. The predicted molar refractivity (Wildman–Crippen MR) is 81.7 cm³/mol. The van der Waals surface area contributed by atoms with Gasteiger partial charge >= 0.3 is 6.18 Å². The number of hydrogen-bond donors (Lipinski definition) is 2. The standard InChI is InChI=1S/C16H17F3N4O/c17-16(18,19)11-3-1-2-10(6-11)13-7-12(24)8-23(13)9-15-21-5-4-14(20)22-15/h1-6,12-13,24H,7-9H2,(H2,20,21,22)/t12-,13+/m1/s1. The van der Waals surface area contributed by atoms with Gasteiger partial charge in [-0.25, -0.2) is 9.97 Å². The fraction of sp³-hybridized carbons (Fsp3) is 0.375. The summed E-state index contributed by atoms with van der Waals surface area (Å²) in [5.74, 6) is 0.802. The summed E-state index contributed by atoms with van der Waals surface area (Å²) in [6, 6.07) is 6.44. The number of benzene rings is 1. The number of likely N-dealkylation sites (tertiary alicyclic amines) is 1. The van der Waals surface area contributed by atoms with Gasteiger partial charge in [0.2, 0.25) is 0 Å². The highest BCUT2D eigenvalue weighted by atomic mass is 19.4. The summed E-state index contributed by atoms with van der Waals surface area (Å²) in [6.45, 7) is 0.655. The molecular weight excluding hydrogens is 321 g/mol. The summed E-state index contributed by atoms with van der Waals surface area (Å²) < 4.78 is 38.8.